The van der Waals surface area contributed by atoms with Gasteiger partial charge in [0.15, 0.2) is 0 Å². The highest BCUT2D eigenvalue weighted by molar-refractivity contribution is 5.11. The van der Waals surface area contributed by atoms with Crippen LogP contribution in [0.15, 0.2) is 30.6 Å². The zero-order valence-corrected chi connectivity index (χ0v) is 12.3. The summed E-state index contributed by atoms with van der Waals surface area (Å²) in [4.78, 5) is 4.42. The molecule has 1 N–H and O–H groups in total. The highest BCUT2D eigenvalue weighted by atomic mass is 15.4. The number of hydrogen-bond acceptors (Lipinski definition) is 4. The molecule has 0 aromatic carbocycles. The largest absolute Gasteiger partial charge is 0.308 e. The van der Waals surface area contributed by atoms with Gasteiger partial charge in [0.2, 0.25) is 0 Å². The van der Waals surface area contributed by atoms with E-state index in [-0.39, 0.29) is 6.04 Å². The molecule has 2 aromatic heterocycles. The van der Waals surface area contributed by atoms with Gasteiger partial charge in [0.1, 0.15) is 0 Å². The van der Waals surface area contributed by atoms with Crippen LogP contribution in [0.3, 0.4) is 0 Å². The van der Waals surface area contributed by atoms with E-state index in [1.54, 1.807) is 0 Å². The molecule has 0 radical (unpaired) electrons. The molecule has 2 heterocycles. The zero-order valence-electron chi connectivity index (χ0n) is 12.3. The van der Waals surface area contributed by atoms with Crippen molar-refractivity contribution >= 4 is 0 Å². The van der Waals surface area contributed by atoms with Crippen LogP contribution >= 0.6 is 0 Å². The fourth-order valence-electron chi connectivity index (χ4n) is 2.25. The van der Waals surface area contributed by atoms with Crippen molar-refractivity contribution in [3.63, 3.8) is 0 Å². The Hall–Kier alpha value is -1.75. The third-order valence-electron chi connectivity index (χ3n) is 3.22. The average Bonchev–Trinajstić information content (AvgIpc) is 2.93. The second kappa shape index (κ2) is 7.75. The van der Waals surface area contributed by atoms with Crippen molar-refractivity contribution in [2.24, 2.45) is 0 Å². The molecule has 0 aliphatic carbocycles. The Balaban J connectivity index is 2.16. The summed E-state index contributed by atoms with van der Waals surface area (Å²) in [7, 11) is 0. The molecule has 2 aromatic rings. The van der Waals surface area contributed by atoms with Crippen molar-refractivity contribution in [2.75, 3.05) is 6.54 Å². The molecular weight excluding hydrogens is 250 g/mol. The lowest BCUT2D eigenvalue weighted by molar-refractivity contribution is 0.462. The van der Waals surface area contributed by atoms with Gasteiger partial charge in [-0.3, -0.25) is 4.98 Å². The summed E-state index contributed by atoms with van der Waals surface area (Å²) in [5.74, 6) is 0. The van der Waals surface area contributed by atoms with Crippen LogP contribution in [0.4, 0.5) is 0 Å². The molecular formula is C15H23N5. The Bertz CT molecular complexity index is 494. The molecule has 1 unspecified atom stereocenters. The van der Waals surface area contributed by atoms with Crippen molar-refractivity contribution in [3.05, 3.63) is 42.0 Å². The smallest absolute Gasteiger partial charge is 0.0760 e. The van der Waals surface area contributed by atoms with Crippen molar-refractivity contribution in [3.8, 4) is 0 Å². The molecule has 20 heavy (non-hydrogen) atoms. The van der Waals surface area contributed by atoms with Gasteiger partial charge in [-0.1, -0.05) is 25.1 Å². The number of nitrogens with zero attached hydrogens (tertiary/aromatic N) is 4. The summed E-state index contributed by atoms with van der Waals surface area (Å²) in [6.45, 7) is 6.21. The first-order chi connectivity index (χ1) is 9.85. The number of rotatable bonds is 8. The van der Waals surface area contributed by atoms with E-state index in [1.165, 1.54) is 0 Å². The summed E-state index contributed by atoms with van der Waals surface area (Å²) in [5, 5.41) is 11.8. The molecule has 5 nitrogen and oxygen atoms in total. The zero-order chi connectivity index (χ0) is 14.2. The van der Waals surface area contributed by atoms with E-state index in [9.17, 15) is 0 Å². The molecule has 0 aliphatic rings. The van der Waals surface area contributed by atoms with Gasteiger partial charge < -0.3 is 5.32 Å². The third kappa shape index (κ3) is 3.87. The third-order valence-corrected chi connectivity index (χ3v) is 3.22. The van der Waals surface area contributed by atoms with Gasteiger partial charge in [-0.2, -0.15) is 0 Å². The van der Waals surface area contributed by atoms with Crippen molar-refractivity contribution < 1.29 is 0 Å². The Labute approximate surface area is 120 Å². The Kier molecular flexibility index (Phi) is 5.68. The minimum Gasteiger partial charge on any atom is -0.308 e. The fourth-order valence-corrected chi connectivity index (χ4v) is 2.25. The van der Waals surface area contributed by atoms with Gasteiger partial charge >= 0.3 is 0 Å². The Morgan fingerprint density at radius 3 is 2.85 bits per heavy atom. The molecule has 0 bridgehead atoms. The van der Waals surface area contributed by atoms with Gasteiger partial charge in [0, 0.05) is 24.9 Å². The minimum atomic E-state index is 0.214. The van der Waals surface area contributed by atoms with Crippen LogP contribution in [0.2, 0.25) is 0 Å². The first kappa shape index (κ1) is 14.7. The Morgan fingerprint density at radius 1 is 1.25 bits per heavy atom. The summed E-state index contributed by atoms with van der Waals surface area (Å²) < 4.78 is 2.00. The number of nitrogens with one attached hydrogen (secondary N) is 1. The second-order valence-electron chi connectivity index (χ2n) is 4.91. The molecule has 5 heteroatoms. The molecule has 0 amide bonds. The van der Waals surface area contributed by atoms with E-state index < -0.39 is 0 Å². The normalized spacial score (nSPS) is 12.5. The molecule has 1 atom stereocenters. The van der Waals surface area contributed by atoms with E-state index in [4.69, 9.17) is 0 Å². The standard InChI is InChI=1S/C15H23N5/c1-3-8-17-14(11-13-7-5-6-9-16-13)15-12-18-19-20(15)10-4-2/h5-7,9,12,14,17H,3-4,8,10-11H2,1-2H3. The van der Waals surface area contributed by atoms with E-state index >= 15 is 0 Å². The Morgan fingerprint density at radius 2 is 2.15 bits per heavy atom. The summed E-state index contributed by atoms with van der Waals surface area (Å²) in [5.41, 5.74) is 2.23. The van der Waals surface area contributed by atoms with Gasteiger partial charge in [-0.05, 0) is 31.5 Å². The lowest BCUT2D eigenvalue weighted by Gasteiger charge is -2.19. The predicted octanol–water partition coefficient (Wildman–Crippen LogP) is 2.37. The van der Waals surface area contributed by atoms with Crippen LogP contribution in [-0.2, 0) is 13.0 Å². The van der Waals surface area contributed by atoms with Crippen LogP contribution in [0, 0.1) is 0 Å². The van der Waals surface area contributed by atoms with Crippen LogP contribution in [0.5, 0.6) is 0 Å². The highest BCUT2D eigenvalue weighted by Crippen LogP contribution is 2.17. The number of aromatic nitrogens is 4. The summed E-state index contributed by atoms with van der Waals surface area (Å²) in [6.07, 6.45) is 6.73. The molecule has 0 spiro atoms. The van der Waals surface area contributed by atoms with Crippen molar-refractivity contribution in [2.45, 2.75) is 45.7 Å². The van der Waals surface area contributed by atoms with Crippen LogP contribution < -0.4 is 5.32 Å². The molecule has 108 valence electrons. The first-order valence-electron chi connectivity index (χ1n) is 7.36. The maximum Gasteiger partial charge on any atom is 0.0760 e. The van der Waals surface area contributed by atoms with Gasteiger partial charge in [0.05, 0.1) is 17.9 Å². The van der Waals surface area contributed by atoms with Gasteiger partial charge in [0.25, 0.3) is 0 Å². The van der Waals surface area contributed by atoms with Crippen LogP contribution in [0.1, 0.15) is 44.1 Å². The minimum absolute atomic E-state index is 0.214. The van der Waals surface area contributed by atoms with E-state index in [2.05, 4.69) is 40.5 Å². The van der Waals surface area contributed by atoms with E-state index in [1.807, 2.05) is 29.2 Å². The molecule has 0 saturated heterocycles. The second-order valence-corrected chi connectivity index (χ2v) is 4.91. The van der Waals surface area contributed by atoms with E-state index in [0.29, 0.717) is 0 Å². The first-order valence-corrected chi connectivity index (χ1v) is 7.36. The monoisotopic (exact) mass is 273 g/mol. The fraction of sp³-hybridized carbons (Fsp3) is 0.533. The maximum absolute atomic E-state index is 4.42. The quantitative estimate of drug-likeness (QED) is 0.802. The van der Waals surface area contributed by atoms with Crippen molar-refractivity contribution in [1.29, 1.82) is 0 Å². The van der Waals surface area contributed by atoms with Crippen LogP contribution in [0.25, 0.3) is 0 Å². The summed E-state index contributed by atoms with van der Waals surface area (Å²) in [6, 6.07) is 6.25. The average molecular weight is 273 g/mol. The maximum atomic E-state index is 4.42. The van der Waals surface area contributed by atoms with E-state index in [0.717, 1.165) is 43.7 Å². The highest BCUT2D eigenvalue weighted by Gasteiger charge is 2.17. The molecule has 0 aliphatic heterocycles. The number of pyridine rings is 1. The molecule has 2 rings (SSSR count). The molecule has 0 fully saturated rings. The predicted molar refractivity (Wildman–Crippen MR) is 79.3 cm³/mol. The number of aryl methyl sites for hydroxylation is 1. The SMILES string of the molecule is CCCNC(Cc1ccccn1)c1cnnn1CCC. The molecule has 0 saturated carbocycles. The van der Waals surface area contributed by atoms with Gasteiger partial charge in [-0.15, -0.1) is 5.10 Å². The van der Waals surface area contributed by atoms with Crippen molar-refractivity contribution in [1.82, 2.24) is 25.3 Å². The van der Waals surface area contributed by atoms with Crippen LogP contribution in [-0.4, -0.2) is 26.5 Å². The lowest BCUT2D eigenvalue weighted by atomic mass is 10.1. The lowest BCUT2D eigenvalue weighted by Crippen LogP contribution is -2.27. The number of hydrogen-bond donors (Lipinski definition) is 1. The summed E-state index contributed by atoms with van der Waals surface area (Å²) >= 11 is 0. The van der Waals surface area contributed by atoms with Gasteiger partial charge in [-0.25, -0.2) is 4.68 Å². The topological polar surface area (TPSA) is 55.6 Å².